The summed E-state index contributed by atoms with van der Waals surface area (Å²) in [5.74, 6) is -3.16. The Bertz CT molecular complexity index is 1780. The van der Waals surface area contributed by atoms with Gasteiger partial charge in [0.15, 0.2) is 24.6 Å². The van der Waals surface area contributed by atoms with Gasteiger partial charge in [0, 0.05) is 19.3 Å². The Morgan fingerprint density at radius 3 is 1.19 bits per heavy atom. The lowest BCUT2D eigenvalue weighted by Crippen LogP contribution is -2.61. The highest BCUT2D eigenvalue weighted by Gasteiger charge is 2.50. The first-order chi connectivity index (χ1) is 39.6. The molecule has 6 unspecified atom stereocenters. The monoisotopic (exact) mass is 1130 g/mol. The number of hydrogen-bond donors (Lipinski definition) is 3. The minimum Gasteiger partial charge on any atom is -0.479 e. The van der Waals surface area contributed by atoms with Gasteiger partial charge in [-0.1, -0.05) is 246 Å². The van der Waals surface area contributed by atoms with Crippen LogP contribution < -0.4 is 0 Å². The lowest BCUT2D eigenvalue weighted by atomic mass is 9.98. The van der Waals surface area contributed by atoms with Crippen LogP contribution in [0, 0.1) is 0 Å². The normalized spacial score (nSPS) is 18.4. The van der Waals surface area contributed by atoms with E-state index in [1.165, 1.54) is 70.6 Å². The molecule has 81 heavy (non-hydrogen) atoms. The van der Waals surface area contributed by atoms with Crippen LogP contribution in [0.5, 0.6) is 0 Å². The molecule has 0 bridgehead atoms. The zero-order chi connectivity index (χ0) is 58.9. The SMILES string of the molecule is CC/C=C\C/C=C\C/C=C\C/C=C\CCCCCCCCC(=O)OCC(COC1OC(C(=O)O)C(O)C(O)C1OC(=O)CCCCCC/C=C\C/C=C\C/C=C\C/C=C\CC)OC(=O)CCCCCCCCCCCCCCCCC. The highest BCUT2D eigenvalue weighted by atomic mass is 16.7. The van der Waals surface area contributed by atoms with Gasteiger partial charge in [-0.05, 0) is 96.3 Å². The van der Waals surface area contributed by atoms with Crippen LogP contribution in [0.1, 0.15) is 265 Å². The molecule has 1 saturated heterocycles. The standard InChI is InChI=1S/C69H114O12/c1-4-7-10-13-16-19-22-25-28-30-31-33-35-37-40-43-46-49-52-55-61(70)77-58-60(79-62(71)56-53-50-47-44-41-38-34-27-24-21-18-15-12-9-6-3)59-78-69-67(65(74)64(73)66(81-69)68(75)76)80-63(72)57-54-51-48-45-42-39-36-32-29-26-23-20-17-14-11-8-5-2/h7-8,10-11,16-17,19-20,25-26,28-29,31,33,36,39,60,64-67,69,73-74H,4-6,9,12-15,18,21-24,27,30,32,34-35,37-38,40-59H2,1-3H3,(H,75,76)/b10-7-,11-8-,19-16-,20-17-,28-25-,29-26-,33-31-,39-36-. The van der Waals surface area contributed by atoms with Gasteiger partial charge in [-0.2, -0.15) is 0 Å². The smallest absolute Gasteiger partial charge is 0.335 e. The van der Waals surface area contributed by atoms with Crippen molar-refractivity contribution in [2.75, 3.05) is 13.2 Å². The number of rotatable bonds is 54. The molecule has 1 aliphatic heterocycles. The number of ether oxygens (including phenoxy) is 5. The van der Waals surface area contributed by atoms with E-state index >= 15 is 0 Å². The van der Waals surface area contributed by atoms with Crippen molar-refractivity contribution in [2.24, 2.45) is 0 Å². The van der Waals surface area contributed by atoms with E-state index in [-0.39, 0.29) is 25.9 Å². The first-order valence-corrected chi connectivity index (χ1v) is 32.2. The molecule has 0 aromatic carbocycles. The van der Waals surface area contributed by atoms with E-state index in [0.717, 1.165) is 135 Å². The number of aliphatic hydroxyl groups excluding tert-OH is 2. The molecule has 0 spiro atoms. The summed E-state index contributed by atoms with van der Waals surface area (Å²) >= 11 is 0. The Balaban J connectivity index is 2.68. The molecule has 1 fully saturated rings. The molecule has 0 aliphatic carbocycles. The summed E-state index contributed by atoms with van der Waals surface area (Å²) in [4.78, 5) is 51.3. The second-order valence-electron chi connectivity index (χ2n) is 21.6. The van der Waals surface area contributed by atoms with E-state index < -0.39 is 67.3 Å². The number of carbonyl (C=O) groups is 4. The molecular weight excluding hydrogens is 1020 g/mol. The highest BCUT2D eigenvalue weighted by Crippen LogP contribution is 2.26. The largest absolute Gasteiger partial charge is 0.479 e. The number of carboxylic acids is 1. The van der Waals surface area contributed by atoms with Crippen LogP contribution in [0.25, 0.3) is 0 Å². The topological polar surface area (TPSA) is 175 Å². The number of esters is 3. The maximum atomic E-state index is 13.2. The number of hydrogen-bond acceptors (Lipinski definition) is 11. The Labute approximate surface area is 492 Å². The third-order valence-corrected chi connectivity index (χ3v) is 14.2. The van der Waals surface area contributed by atoms with Gasteiger partial charge >= 0.3 is 23.9 Å². The van der Waals surface area contributed by atoms with Gasteiger partial charge in [0.25, 0.3) is 0 Å². The second-order valence-corrected chi connectivity index (χ2v) is 21.6. The summed E-state index contributed by atoms with van der Waals surface area (Å²) in [6.07, 6.45) is 62.2. The van der Waals surface area contributed by atoms with Gasteiger partial charge in [0.2, 0.25) is 0 Å². The molecule has 1 aliphatic rings. The van der Waals surface area contributed by atoms with Crippen LogP contribution in [0.15, 0.2) is 97.2 Å². The predicted octanol–water partition coefficient (Wildman–Crippen LogP) is 17.2. The first-order valence-electron chi connectivity index (χ1n) is 32.2. The maximum Gasteiger partial charge on any atom is 0.335 e. The van der Waals surface area contributed by atoms with Crippen LogP contribution in [-0.4, -0.2) is 89.2 Å². The third kappa shape index (κ3) is 45.8. The lowest BCUT2D eigenvalue weighted by molar-refractivity contribution is -0.301. The van der Waals surface area contributed by atoms with E-state index in [1.54, 1.807) is 0 Å². The van der Waals surface area contributed by atoms with Crippen LogP contribution >= 0.6 is 0 Å². The zero-order valence-corrected chi connectivity index (χ0v) is 51.0. The van der Waals surface area contributed by atoms with Crippen LogP contribution in [0.3, 0.4) is 0 Å². The highest BCUT2D eigenvalue weighted by molar-refractivity contribution is 5.74. The van der Waals surface area contributed by atoms with Crippen molar-refractivity contribution in [1.29, 1.82) is 0 Å². The maximum absolute atomic E-state index is 13.2. The molecule has 1 rings (SSSR count). The molecule has 462 valence electrons. The van der Waals surface area contributed by atoms with Crippen LogP contribution in [0.2, 0.25) is 0 Å². The lowest BCUT2D eigenvalue weighted by Gasteiger charge is -2.40. The summed E-state index contributed by atoms with van der Waals surface area (Å²) in [7, 11) is 0. The van der Waals surface area contributed by atoms with Crippen molar-refractivity contribution in [1.82, 2.24) is 0 Å². The minimum atomic E-state index is -1.92. The molecule has 12 heteroatoms. The van der Waals surface area contributed by atoms with Crippen molar-refractivity contribution in [3.8, 4) is 0 Å². The molecule has 0 saturated carbocycles. The van der Waals surface area contributed by atoms with Crippen LogP contribution in [0.4, 0.5) is 0 Å². The number of allylic oxidation sites excluding steroid dienone is 16. The van der Waals surface area contributed by atoms with Crippen molar-refractivity contribution in [3.05, 3.63) is 97.2 Å². The Morgan fingerprint density at radius 1 is 0.420 bits per heavy atom. The summed E-state index contributed by atoms with van der Waals surface area (Å²) in [6.45, 7) is 5.77. The Morgan fingerprint density at radius 2 is 0.778 bits per heavy atom. The van der Waals surface area contributed by atoms with Gasteiger partial charge in [-0.15, -0.1) is 0 Å². The van der Waals surface area contributed by atoms with E-state index in [9.17, 15) is 34.5 Å². The van der Waals surface area contributed by atoms with Crippen molar-refractivity contribution in [2.45, 2.75) is 302 Å². The minimum absolute atomic E-state index is 0.0283. The summed E-state index contributed by atoms with van der Waals surface area (Å²) in [5.41, 5.74) is 0. The molecular formula is C69H114O12. The average Bonchev–Trinajstić information content (AvgIpc) is 3.53. The van der Waals surface area contributed by atoms with E-state index in [2.05, 4.69) is 118 Å². The van der Waals surface area contributed by atoms with E-state index in [4.69, 9.17) is 23.7 Å². The fourth-order valence-corrected chi connectivity index (χ4v) is 9.29. The average molecular weight is 1140 g/mol. The molecule has 0 radical (unpaired) electrons. The quantitative estimate of drug-likeness (QED) is 0.0228. The molecule has 6 atom stereocenters. The third-order valence-electron chi connectivity index (χ3n) is 14.2. The van der Waals surface area contributed by atoms with Crippen molar-refractivity contribution < 1.29 is 58.2 Å². The van der Waals surface area contributed by atoms with Gasteiger partial charge in [0.1, 0.15) is 18.8 Å². The first kappa shape index (κ1) is 74.7. The van der Waals surface area contributed by atoms with Gasteiger partial charge < -0.3 is 39.0 Å². The van der Waals surface area contributed by atoms with E-state index in [0.29, 0.717) is 19.3 Å². The fourth-order valence-electron chi connectivity index (χ4n) is 9.29. The molecule has 0 amide bonds. The van der Waals surface area contributed by atoms with Gasteiger partial charge in [-0.25, -0.2) is 4.79 Å². The number of aliphatic carboxylic acids is 1. The number of carboxylic acid groups (broad SMARTS) is 1. The number of unbranched alkanes of at least 4 members (excludes halogenated alkanes) is 24. The Kier molecular flexibility index (Phi) is 51.7. The summed E-state index contributed by atoms with van der Waals surface area (Å²) in [5, 5.41) is 31.6. The predicted molar refractivity (Wildman–Crippen MR) is 331 cm³/mol. The fraction of sp³-hybridized carbons (Fsp3) is 0.710. The second kappa shape index (κ2) is 56.1. The summed E-state index contributed by atoms with van der Waals surface area (Å²) in [6, 6.07) is 0. The van der Waals surface area contributed by atoms with Crippen molar-refractivity contribution >= 4 is 23.9 Å². The molecule has 12 nitrogen and oxygen atoms in total. The molecule has 0 aromatic heterocycles. The Hall–Kier alpha value is -4.36. The molecule has 3 N–H and O–H groups in total. The summed E-state index contributed by atoms with van der Waals surface area (Å²) < 4.78 is 28.5. The molecule has 0 aromatic rings. The zero-order valence-electron chi connectivity index (χ0n) is 51.0. The number of aliphatic hydroxyl groups is 2. The van der Waals surface area contributed by atoms with Gasteiger partial charge in [-0.3, -0.25) is 14.4 Å². The van der Waals surface area contributed by atoms with Crippen molar-refractivity contribution in [3.63, 3.8) is 0 Å². The van der Waals surface area contributed by atoms with Gasteiger partial charge in [0.05, 0.1) is 6.61 Å². The van der Waals surface area contributed by atoms with E-state index in [1.807, 2.05) is 0 Å². The number of carbonyl (C=O) groups excluding carboxylic acids is 3. The van der Waals surface area contributed by atoms with Crippen LogP contribution in [-0.2, 0) is 42.9 Å². The molecule has 1 heterocycles.